The van der Waals surface area contributed by atoms with Crippen molar-refractivity contribution in [2.75, 3.05) is 33.3 Å². The molecule has 3 aliphatic rings. The second-order valence-electron chi connectivity index (χ2n) is 5.59. The second-order valence-corrected chi connectivity index (χ2v) is 5.59. The Kier molecular flexibility index (Phi) is 2.49. The smallest absolute Gasteiger partial charge is 0.121 e. The van der Waals surface area contributed by atoms with E-state index in [0.717, 1.165) is 31.3 Å². The first-order valence-electron chi connectivity index (χ1n) is 6.35. The first-order valence-corrected chi connectivity index (χ1v) is 6.35. The first kappa shape index (κ1) is 10.1. The van der Waals surface area contributed by atoms with Crippen LogP contribution in [0.5, 0.6) is 0 Å². The molecule has 2 saturated heterocycles. The van der Waals surface area contributed by atoms with E-state index in [-0.39, 0.29) is 5.72 Å². The third-order valence-electron chi connectivity index (χ3n) is 4.34. The average Bonchev–Trinajstić information content (AvgIpc) is 3.08. The molecule has 0 aromatic heterocycles. The van der Waals surface area contributed by atoms with E-state index in [4.69, 9.17) is 4.74 Å². The molecule has 0 aromatic rings. The van der Waals surface area contributed by atoms with Crippen LogP contribution in [0.2, 0.25) is 0 Å². The van der Waals surface area contributed by atoms with Crippen molar-refractivity contribution in [1.29, 1.82) is 0 Å². The Morgan fingerprint density at radius 3 is 2.47 bits per heavy atom. The highest BCUT2D eigenvalue weighted by Gasteiger charge is 2.42. The maximum Gasteiger partial charge on any atom is 0.121 e. The zero-order chi connectivity index (χ0) is 10.3. The maximum absolute atomic E-state index is 6.13. The Bertz CT molecular complexity index is 222. The van der Waals surface area contributed by atoms with Crippen LogP contribution in [-0.4, -0.2) is 43.9 Å². The van der Waals surface area contributed by atoms with Crippen molar-refractivity contribution in [1.82, 2.24) is 10.2 Å². The van der Waals surface area contributed by atoms with E-state index in [0.29, 0.717) is 0 Å². The molecular weight excluding hydrogens is 188 g/mol. The van der Waals surface area contributed by atoms with Gasteiger partial charge in [-0.05, 0) is 31.7 Å². The molecule has 0 amide bonds. The van der Waals surface area contributed by atoms with Crippen LogP contribution in [0, 0.1) is 11.8 Å². The minimum Gasteiger partial charge on any atom is -0.360 e. The number of nitrogens with one attached hydrogen (secondary N) is 1. The molecule has 86 valence electrons. The van der Waals surface area contributed by atoms with Crippen molar-refractivity contribution < 1.29 is 4.74 Å². The number of likely N-dealkylation sites (tertiary alicyclic amines) is 1. The molecule has 1 aliphatic carbocycles. The molecular formula is C12H22N2O. The summed E-state index contributed by atoms with van der Waals surface area (Å²) in [6, 6.07) is 0. The van der Waals surface area contributed by atoms with E-state index in [1.807, 2.05) is 0 Å². The Morgan fingerprint density at radius 2 is 1.93 bits per heavy atom. The first-order chi connectivity index (χ1) is 7.27. The summed E-state index contributed by atoms with van der Waals surface area (Å²) in [5, 5.41) is 3.68. The Balaban J connectivity index is 1.55. The van der Waals surface area contributed by atoms with Crippen molar-refractivity contribution in [3.05, 3.63) is 0 Å². The fourth-order valence-corrected chi connectivity index (χ4v) is 2.86. The van der Waals surface area contributed by atoms with Crippen molar-refractivity contribution in [3.8, 4) is 0 Å². The molecule has 1 N–H and O–H groups in total. The van der Waals surface area contributed by atoms with Crippen LogP contribution in [0.15, 0.2) is 0 Å². The zero-order valence-corrected chi connectivity index (χ0v) is 9.67. The molecule has 3 nitrogen and oxygen atoms in total. The largest absolute Gasteiger partial charge is 0.360 e. The van der Waals surface area contributed by atoms with Crippen molar-refractivity contribution in [3.63, 3.8) is 0 Å². The average molecular weight is 210 g/mol. The van der Waals surface area contributed by atoms with Gasteiger partial charge in [0.2, 0.25) is 0 Å². The van der Waals surface area contributed by atoms with Gasteiger partial charge in [-0.25, -0.2) is 0 Å². The van der Waals surface area contributed by atoms with Crippen LogP contribution in [-0.2, 0) is 4.74 Å². The molecule has 15 heavy (non-hydrogen) atoms. The molecule has 3 rings (SSSR count). The summed E-state index contributed by atoms with van der Waals surface area (Å²) >= 11 is 0. The van der Waals surface area contributed by atoms with Gasteiger partial charge in [0, 0.05) is 32.5 Å². The van der Waals surface area contributed by atoms with Gasteiger partial charge in [-0.15, -0.1) is 0 Å². The number of rotatable bonds is 1. The molecule has 2 aliphatic heterocycles. The molecule has 1 atom stereocenters. The van der Waals surface area contributed by atoms with Crippen LogP contribution < -0.4 is 5.32 Å². The highest BCUT2D eigenvalue weighted by Crippen LogP contribution is 2.39. The lowest BCUT2D eigenvalue weighted by molar-refractivity contribution is -0.144. The summed E-state index contributed by atoms with van der Waals surface area (Å²) in [5.74, 6) is 1.77. The Labute approximate surface area is 92.2 Å². The highest BCUT2D eigenvalue weighted by molar-refractivity contribution is 4.92. The molecule has 0 bridgehead atoms. The molecule has 0 radical (unpaired) electrons. The predicted octanol–water partition coefficient (Wildman–Crippen LogP) is 1.05. The Hall–Kier alpha value is -0.120. The van der Waals surface area contributed by atoms with Gasteiger partial charge in [0.1, 0.15) is 5.72 Å². The molecule has 3 heteroatoms. The number of hydrogen-bond donors (Lipinski definition) is 1. The summed E-state index contributed by atoms with van der Waals surface area (Å²) in [4.78, 5) is 2.39. The third kappa shape index (κ3) is 2.05. The number of nitrogens with zero attached hydrogens (tertiary/aromatic N) is 1. The fourth-order valence-electron chi connectivity index (χ4n) is 2.86. The van der Waals surface area contributed by atoms with Crippen molar-refractivity contribution >= 4 is 0 Å². The summed E-state index contributed by atoms with van der Waals surface area (Å²) < 4.78 is 6.13. The molecule has 1 saturated carbocycles. The van der Waals surface area contributed by atoms with Crippen LogP contribution in [0.4, 0.5) is 0 Å². The summed E-state index contributed by atoms with van der Waals surface area (Å²) in [7, 11) is 2.20. The summed E-state index contributed by atoms with van der Waals surface area (Å²) in [5.41, 5.74) is 0.0396. The monoisotopic (exact) mass is 210 g/mol. The van der Waals surface area contributed by atoms with Crippen molar-refractivity contribution in [2.45, 2.75) is 31.4 Å². The maximum atomic E-state index is 6.13. The summed E-state index contributed by atoms with van der Waals surface area (Å²) in [6.07, 6.45) is 5.18. The lowest BCUT2D eigenvalue weighted by Crippen LogP contribution is -2.59. The quantitative estimate of drug-likeness (QED) is 0.700. The van der Waals surface area contributed by atoms with Gasteiger partial charge in [-0.2, -0.15) is 0 Å². The van der Waals surface area contributed by atoms with Gasteiger partial charge in [0.05, 0.1) is 6.61 Å². The van der Waals surface area contributed by atoms with E-state index in [1.54, 1.807) is 0 Å². The molecule has 1 spiro atoms. The van der Waals surface area contributed by atoms with E-state index in [1.165, 1.54) is 32.5 Å². The van der Waals surface area contributed by atoms with Gasteiger partial charge in [0.15, 0.2) is 0 Å². The van der Waals surface area contributed by atoms with Crippen LogP contribution in [0.1, 0.15) is 25.7 Å². The molecule has 1 unspecified atom stereocenters. The molecule has 2 heterocycles. The Morgan fingerprint density at radius 1 is 1.20 bits per heavy atom. The number of ether oxygens (including phenoxy) is 1. The topological polar surface area (TPSA) is 24.5 Å². The van der Waals surface area contributed by atoms with Gasteiger partial charge < -0.3 is 9.64 Å². The SMILES string of the molecule is CN1CCC2(CC1)NCC(C1CC1)CO2. The van der Waals surface area contributed by atoms with E-state index >= 15 is 0 Å². The van der Waals surface area contributed by atoms with Crippen molar-refractivity contribution in [2.24, 2.45) is 11.8 Å². The van der Waals surface area contributed by atoms with Crippen LogP contribution in [0.25, 0.3) is 0 Å². The lowest BCUT2D eigenvalue weighted by Gasteiger charge is -2.45. The normalized spacial score (nSPS) is 37.0. The van der Waals surface area contributed by atoms with Gasteiger partial charge in [-0.1, -0.05) is 0 Å². The minimum atomic E-state index is 0.0396. The van der Waals surface area contributed by atoms with Gasteiger partial charge in [-0.3, -0.25) is 5.32 Å². The minimum absolute atomic E-state index is 0.0396. The fraction of sp³-hybridized carbons (Fsp3) is 1.00. The molecule has 0 aromatic carbocycles. The third-order valence-corrected chi connectivity index (χ3v) is 4.34. The highest BCUT2D eigenvalue weighted by atomic mass is 16.5. The van der Waals surface area contributed by atoms with E-state index < -0.39 is 0 Å². The van der Waals surface area contributed by atoms with Gasteiger partial charge >= 0.3 is 0 Å². The predicted molar refractivity (Wildman–Crippen MR) is 59.6 cm³/mol. The second kappa shape index (κ2) is 3.72. The van der Waals surface area contributed by atoms with Gasteiger partial charge in [0.25, 0.3) is 0 Å². The van der Waals surface area contributed by atoms with Crippen LogP contribution >= 0.6 is 0 Å². The lowest BCUT2D eigenvalue weighted by atomic mass is 9.95. The van der Waals surface area contributed by atoms with E-state index in [2.05, 4.69) is 17.3 Å². The molecule has 3 fully saturated rings. The number of piperidine rings is 1. The standard InChI is InChI=1S/C12H22N2O/c1-14-6-4-12(5-7-14)13-8-11(9-15-12)10-2-3-10/h10-11,13H,2-9H2,1H3. The van der Waals surface area contributed by atoms with E-state index in [9.17, 15) is 0 Å². The zero-order valence-electron chi connectivity index (χ0n) is 9.67. The number of hydrogen-bond acceptors (Lipinski definition) is 3. The van der Waals surface area contributed by atoms with Crippen LogP contribution in [0.3, 0.4) is 0 Å². The summed E-state index contributed by atoms with van der Waals surface area (Å²) in [6.45, 7) is 4.53.